The van der Waals surface area contributed by atoms with Crippen LogP contribution in [0.2, 0.25) is 0 Å². The predicted octanol–water partition coefficient (Wildman–Crippen LogP) is 6.58. The van der Waals surface area contributed by atoms with Gasteiger partial charge in [-0.15, -0.1) is 11.8 Å². The molecule has 1 aliphatic heterocycles. The molecule has 1 aliphatic rings. The molecule has 1 aromatic heterocycles. The molecule has 5 aromatic rings. The van der Waals surface area contributed by atoms with Gasteiger partial charge in [-0.05, 0) is 64.7 Å². The summed E-state index contributed by atoms with van der Waals surface area (Å²) >= 11 is 1.43. The van der Waals surface area contributed by atoms with E-state index in [1.54, 1.807) is 26.8 Å². The lowest BCUT2D eigenvalue weighted by Crippen LogP contribution is -2.34. The van der Waals surface area contributed by atoms with Crippen molar-refractivity contribution in [1.82, 2.24) is 4.57 Å². The van der Waals surface area contributed by atoms with Crippen LogP contribution in [-0.2, 0) is 14.3 Å². The zero-order valence-corrected chi connectivity index (χ0v) is 22.3. The summed E-state index contributed by atoms with van der Waals surface area (Å²) < 4.78 is 11.9. The SMILES string of the molecule is COC(=O)[C@@H]1CSc2c(-c3ccc4ccc5cccc6ccc3c4c56)cc(NC(=O)OC(C)(C)C)c(=O)n21. The van der Waals surface area contributed by atoms with Crippen molar-refractivity contribution in [2.45, 2.75) is 37.4 Å². The second-order valence-electron chi connectivity index (χ2n) is 10.4. The largest absolute Gasteiger partial charge is 0.467 e. The molecule has 0 fully saturated rings. The quantitative estimate of drug-likeness (QED) is 0.211. The molecule has 0 saturated heterocycles. The number of thioether (sulfide) groups is 1. The van der Waals surface area contributed by atoms with Crippen LogP contribution in [0.4, 0.5) is 10.5 Å². The predicted molar refractivity (Wildman–Crippen MR) is 151 cm³/mol. The highest BCUT2D eigenvalue weighted by Gasteiger charge is 2.35. The third kappa shape index (κ3) is 3.87. The summed E-state index contributed by atoms with van der Waals surface area (Å²) in [6.07, 6.45) is -0.739. The molecule has 6 rings (SSSR count). The Morgan fingerprint density at radius 2 is 1.61 bits per heavy atom. The monoisotopic (exact) mass is 526 g/mol. The molecule has 2 heterocycles. The minimum Gasteiger partial charge on any atom is -0.467 e. The summed E-state index contributed by atoms with van der Waals surface area (Å²) in [6.45, 7) is 5.26. The number of anilines is 1. The average Bonchev–Trinajstić information content (AvgIpc) is 3.33. The van der Waals surface area contributed by atoms with Gasteiger partial charge in [-0.3, -0.25) is 14.7 Å². The van der Waals surface area contributed by atoms with E-state index >= 15 is 0 Å². The number of nitrogens with zero attached hydrogens (tertiary/aromatic N) is 1. The number of fused-ring (bicyclic) bond motifs is 1. The Labute approximate surface area is 223 Å². The van der Waals surface area contributed by atoms with Crippen molar-refractivity contribution < 1.29 is 19.1 Å². The van der Waals surface area contributed by atoms with Gasteiger partial charge in [0.25, 0.3) is 5.56 Å². The van der Waals surface area contributed by atoms with Gasteiger partial charge >= 0.3 is 12.1 Å². The normalized spacial score (nSPS) is 15.2. The van der Waals surface area contributed by atoms with Crippen LogP contribution in [-0.4, -0.2) is 35.1 Å². The standard InChI is InChI=1S/C30H26N2O5S/c1-30(2,3)37-29(35)31-22-14-21(27-32(26(22)33)23(15-38-27)28(34)36-4)19-12-10-18-9-8-16-6-5-7-17-11-13-20(19)25(18)24(16)17/h5-14,23H,15H2,1-4H3,(H,31,35)/t23-/m0/s1. The first kappa shape index (κ1) is 24.3. The summed E-state index contributed by atoms with van der Waals surface area (Å²) in [6, 6.07) is 19.7. The maximum Gasteiger partial charge on any atom is 0.412 e. The average molecular weight is 527 g/mol. The summed E-state index contributed by atoms with van der Waals surface area (Å²) in [4.78, 5) is 38.9. The Hall–Kier alpha value is -4.04. The van der Waals surface area contributed by atoms with Gasteiger partial charge < -0.3 is 9.47 Å². The van der Waals surface area contributed by atoms with Gasteiger partial charge in [0, 0.05) is 11.3 Å². The van der Waals surface area contributed by atoms with Crippen LogP contribution >= 0.6 is 11.8 Å². The zero-order chi connectivity index (χ0) is 26.8. The fraction of sp³-hybridized carbons (Fsp3) is 0.233. The van der Waals surface area contributed by atoms with E-state index in [1.807, 2.05) is 6.07 Å². The van der Waals surface area contributed by atoms with E-state index in [-0.39, 0.29) is 5.69 Å². The molecular weight excluding hydrogens is 500 g/mol. The van der Waals surface area contributed by atoms with E-state index in [0.717, 1.165) is 38.1 Å². The molecule has 0 bridgehead atoms. The van der Waals surface area contributed by atoms with Crippen LogP contribution in [0.25, 0.3) is 43.4 Å². The number of aromatic nitrogens is 1. The Bertz CT molecular complexity index is 1800. The van der Waals surface area contributed by atoms with Crippen LogP contribution in [0.5, 0.6) is 0 Å². The lowest BCUT2D eigenvalue weighted by atomic mass is 9.90. The maximum absolute atomic E-state index is 13.6. The minimum absolute atomic E-state index is 0.0418. The molecule has 7 nitrogen and oxygen atoms in total. The summed E-state index contributed by atoms with van der Waals surface area (Å²) in [5, 5.41) is 10.1. The number of ether oxygens (including phenoxy) is 2. The van der Waals surface area contributed by atoms with E-state index in [1.165, 1.54) is 28.8 Å². The van der Waals surface area contributed by atoms with E-state index in [2.05, 4.69) is 53.8 Å². The van der Waals surface area contributed by atoms with Crippen LogP contribution in [0.1, 0.15) is 26.8 Å². The molecule has 0 spiro atoms. The lowest BCUT2D eigenvalue weighted by molar-refractivity contribution is -0.143. The zero-order valence-electron chi connectivity index (χ0n) is 21.5. The van der Waals surface area contributed by atoms with Crippen molar-refractivity contribution in [3.63, 3.8) is 0 Å². The molecule has 0 unspecified atom stereocenters. The van der Waals surface area contributed by atoms with Crippen molar-refractivity contribution in [2.75, 3.05) is 18.2 Å². The van der Waals surface area contributed by atoms with Gasteiger partial charge in [0.05, 0.1) is 12.1 Å². The number of esters is 1. The topological polar surface area (TPSA) is 86.6 Å². The molecule has 0 saturated carbocycles. The van der Waals surface area contributed by atoms with Crippen LogP contribution in [0, 0.1) is 0 Å². The number of amides is 1. The fourth-order valence-corrected chi connectivity index (χ4v) is 6.53. The number of hydrogen-bond acceptors (Lipinski definition) is 6. The second kappa shape index (κ2) is 8.77. The maximum atomic E-state index is 13.6. The number of benzene rings is 4. The second-order valence-corrected chi connectivity index (χ2v) is 11.4. The summed E-state index contributed by atoms with van der Waals surface area (Å²) in [5.74, 6) is -0.148. The Balaban J connectivity index is 1.62. The Morgan fingerprint density at radius 1 is 0.947 bits per heavy atom. The van der Waals surface area contributed by atoms with Crippen LogP contribution < -0.4 is 10.9 Å². The van der Waals surface area contributed by atoms with Crippen molar-refractivity contribution in [3.05, 3.63) is 71.0 Å². The van der Waals surface area contributed by atoms with E-state index in [4.69, 9.17) is 9.47 Å². The van der Waals surface area contributed by atoms with Crippen molar-refractivity contribution in [3.8, 4) is 11.1 Å². The van der Waals surface area contributed by atoms with E-state index in [9.17, 15) is 14.4 Å². The van der Waals surface area contributed by atoms with E-state index < -0.39 is 29.3 Å². The molecule has 1 atom stereocenters. The van der Waals surface area contributed by atoms with Crippen molar-refractivity contribution >= 4 is 61.8 Å². The first-order chi connectivity index (χ1) is 18.2. The van der Waals surface area contributed by atoms with Crippen LogP contribution in [0.3, 0.4) is 0 Å². The van der Waals surface area contributed by atoms with Crippen molar-refractivity contribution in [2.24, 2.45) is 0 Å². The van der Waals surface area contributed by atoms with Gasteiger partial charge in [0.1, 0.15) is 17.3 Å². The number of carbonyl (C=O) groups is 2. The van der Waals surface area contributed by atoms with E-state index in [0.29, 0.717) is 10.8 Å². The smallest absolute Gasteiger partial charge is 0.412 e. The highest BCUT2D eigenvalue weighted by Crippen LogP contribution is 2.45. The minimum atomic E-state index is -0.800. The lowest BCUT2D eigenvalue weighted by Gasteiger charge is -2.21. The molecule has 1 amide bonds. The number of hydrogen-bond donors (Lipinski definition) is 1. The van der Waals surface area contributed by atoms with Gasteiger partial charge in [-0.2, -0.15) is 0 Å². The molecule has 4 aromatic carbocycles. The third-order valence-corrected chi connectivity index (χ3v) is 7.98. The highest BCUT2D eigenvalue weighted by atomic mass is 32.2. The number of carbonyl (C=O) groups excluding carboxylic acids is 2. The van der Waals surface area contributed by atoms with Gasteiger partial charge in [0.15, 0.2) is 0 Å². The molecule has 8 heteroatoms. The molecule has 38 heavy (non-hydrogen) atoms. The molecule has 1 N–H and O–H groups in total. The number of pyridine rings is 1. The number of methoxy groups -OCH3 is 1. The number of rotatable bonds is 3. The van der Waals surface area contributed by atoms with Gasteiger partial charge in [-0.1, -0.05) is 54.6 Å². The first-order valence-electron chi connectivity index (χ1n) is 12.3. The van der Waals surface area contributed by atoms with Crippen LogP contribution in [0.15, 0.2) is 70.5 Å². The Morgan fingerprint density at radius 3 is 2.29 bits per heavy atom. The fourth-order valence-electron chi connectivity index (χ4n) is 5.26. The summed E-state index contributed by atoms with van der Waals surface area (Å²) in [7, 11) is 1.31. The molecule has 0 radical (unpaired) electrons. The van der Waals surface area contributed by atoms with Gasteiger partial charge in [0.2, 0.25) is 0 Å². The first-order valence-corrected chi connectivity index (χ1v) is 13.3. The Kier molecular flexibility index (Phi) is 5.61. The van der Waals surface area contributed by atoms with Crippen molar-refractivity contribution in [1.29, 1.82) is 0 Å². The highest BCUT2D eigenvalue weighted by molar-refractivity contribution is 7.99. The van der Waals surface area contributed by atoms with Gasteiger partial charge in [-0.25, -0.2) is 9.59 Å². The molecular formula is C30H26N2O5S. The third-order valence-electron chi connectivity index (χ3n) is 6.80. The molecule has 192 valence electrons. The molecule has 0 aliphatic carbocycles. The summed E-state index contributed by atoms with van der Waals surface area (Å²) in [5.41, 5.74) is 0.485. The number of nitrogens with one attached hydrogen (secondary N) is 1.